The van der Waals surface area contributed by atoms with Crippen LogP contribution in [0.4, 0.5) is 0 Å². The zero-order chi connectivity index (χ0) is 13.9. The van der Waals surface area contributed by atoms with Crippen molar-refractivity contribution >= 4 is 28.8 Å². The van der Waals surface area contributed by atoms with Gasteiger partial charge in [0.2, 0.25) is 5.91 Å². The van der Waals surface area contributed by atoms with Gasteiger partial charge in [0.15, 0.2) is 16.3 Å². The quantitative estimate of drug-likeness (QED) is 0.643. The highest BCUT2D eigenvalue weighted by atomic mass is 32.2. The van der Waals surface area contributed by atoms with Gasteiger partial charge in [0.25, 0.3) is 5.56 Å². The van der Waals surface area contributed by atoms with Crippen LogP contribution in [0.3, 0.4) is 0 Å². The number of fused-ring (bicyclic) bond motifs is 1. The number of piperidine rings is 1. The summed E-state index contributed by atoms with van der Waals surface area (Å²) in [6.45, 7) is 1.67. The van der Waals surface area contributed by atoms with Crippen LogP contribution in [-0.2, 0) is 4.79 Å². The normalized spacial score (nSPS) is 15.7. The van der Waals surface area contributed by atoms with Crippen LogP contribution < -0.4 is 5.56 Å². The van der Waals surface area contributed by atoms with Gasteiger partial charge >= 0.3 is 0 Å². The van der Waals surface area contributed by atoms with Crippen LogP contribution >= 0.6 is 11.8 Å². The van der Waals surface area contributed by atoms with E-state index in [1.165, 1.54) is 24.5 Å². The maximum absolute atomic E-state index is 12.0. The number of carbonyl (C=O) groups is 1. The van der Waals surface area contributed by atoms with Crippen molar-refractivity contribution < 1.29 is 4.79 Å². The maximum atomic E-state index is 12.0. The Hall–Kier alpha value is -1.83. The van der Waals surface area contributed by atoms with Crippen molar-refractivity contribution in [3.05, 3.63) is 16.7 Å². The zero-order valence-corrected chi connectivity index (χ0v) is 11.7. The van der Waals surface area contributed by atoms with Crippen LogP contribution in [0.1, 0.15) is 19.3 Å². The number of amides is 1. The number of likely N-dealkylation sites (tertiary alicyclic amines) is 1. The molecule has 7 nitrogen and oxygen atoms in total. The van der Waals surface area contributed by atoms with E-state index in [1.807, 2.05) is 4.90 Å². The van der Waals surface area contributed by atoms with Gasteiger partial charge < -0.3 is 9.88 Å². The SMILES string of the molecule is O=C(CSc1nc2nc[nH]c2c(=O)[nH]1)N1CCCCC1. The molecule has 2 aromatic heterocycles. The highest BCUT2D eigenvalue weighted by Crippen LogP contribution is 2.16. The number of aromatic amines is 2. The molecule has 0 aromatic carbocycles. The first-order chi connectivity index (χ1) is 9.74. The van der Waals surface area contributed by atoms with E-state index in [-0.39, 0.29) is 11.5 Å². The molecule has 0 atom stereocenters. The lowest BCUT2D eigenvalue weighted by molar-refractivity contribution is -0.129. The number of aromatic nitrogens is 4. The number of hydrogen-bond acceptors (Lipinski definition) is 5. The Bertz CT molecular complexity index is 674. The van der Waals surface area contributed by atoms with Crippen molar-refractivity contribution in [1.29, 1.82) is 0 Å². The molecule has 1 saturated heterocycles. The summed E-state index contributed by atoms with van der Waals surface area (Å²) in [5.74, 6) is 0.387. The van der Waals surface area contributed by atoms with E-state index in [9.17, 15) is 9.59 Å². The number of nitrogens with one attached hydrogen (secondary N) is 2. The zero-order valence-electron chi connectivity index (χ0n) is 10.9. The fourth-order valence-electron chi connectivity index (χ4n) is 2.26. The van der Waals surface area contributed by atoms with Crippen LogP contribution in [0.25, 0.3) is 11.2 Å². The second kappa shape index (κ2) is 5.66. The maximum Gasteiger partial charge on any atom is 0.277 e. The molecule has 1 aliphatic heterocycles. The van der Waals surface area contributed by atoms with Gasteiger partial charge in [0.1, 0.15) is 0 Å². The summed E-state index contributed by atoms with van der Waals surface area (Å²) in [6, 6.07) is 0. The average Bonchev–Trinajstić information content (AvgIpc) is 2.94. The number of carbonyl (C=O) groups excluding carboxylic acids is 1. The summed E-state index contributed by atoms with van der Waals surface area (Å²) < 4.78 is 0. The van der Waals surface area contributed by atoms with E-state index in [2.05, 4.69) is 19.9 Å². The molecule has 0 unspecified atom stereocenters. The Morgan fingerprint density at radius 3 is 2.95 bits per heavy atom. The Labute approximate surface area is 119 Å². The summed E-state index contributed by atoms with van der Waals surface area (Å²) >= 11 is 1.24. The Morgan fingerprint density at radius 1 is 1.35 bits per heavy atom. The first kappa shape index (κ1) is 13.2. The molecule has 3 rings (SSSR count). The van der Waals surface area contributed by atoms with Crippen molar-refractivity contribution in [2.75, 3.05) is 18.8 Å². The summed E-state index contributed by atoms with van der Waals surface area (Å²) in [5, 5.41) is 0.431. The Morgan fingerprint density at radius 2 is 2.15 bits per heavy atom. The van der Waals surface area contributed by atoms with Crippen LogP contribution in [0.5, 0.6) is 0 Å². The molecule has 0 bridgehead atoms. The van der Waals surface area contributed by atoms with Crippen molar-refractivity contribution in [1.82, 2.24) is 24.8 Å². The molecule has 0 spiro atoms. The predicted molar refractivity (Wildman–Crippen MR) is 75.7 cm³/mol. The van der Waals surface area contributed by atoms with Crippen molar-refractivity contribution in [3.63, 3.8) is 0 Å². The minimum absolute atomic E-state index is 0.0967. The van der Waals surface area contributed by atoms with E-state index in [0.29, 0.717) is 22.1 Å². The number of imidazole rings is 1. The standard InChI is InChI=1S/C12H15N5O2S/c18-8(17-4-2-1-3-5-17)6-20-12-15-10-9(11(19)16-12)13-7-14-10/h7H,1-6H2,(H2,13,14,15,16,19). The van der Waals surface area contributed by atoms with Gasteiger partial charge in [-0.2, -0.15) is 0 Å². The first-order valence-corrected chi connectivity index (χ1v) is 7.56. The number of hydrogen-bond donors (Lipinski definition) is 2. The highest BCUT2D eigenvalue weighted by molar-refractivity contribution is 7.99. The van der Waals surface area contributed by atoms with Crippen LogP contribution in [-0.4, -0.2) is 49.6 Å². The average molecular weight is 293 g/mol. The van der Waals surface area contributed by atoms with E-state index in [0.717, 1.165) is 25.9 Å². The van der Waals surface area contributed by atoms with Crippen LogP contribution in [0, 0.1) is 0 Å². The van der Waals surface area contributed by atoms with Gasteiger partial charge in [-0.15, -0.1) is 0 Å². The van der Waals surface area contributed by atoms with E-state index >= 15 is 0 Å². The predicted octanol–water partition coefficient (Wildman–Crippen LogP) is 0.751. The molecule has 1 aliphatic rings. The summed E-state index contributed by atoms with van der Waals surface area (Å²) in [5.41, 5.74) is 0.471. The molecular weight excluding hydrogens is 278 g/mol. The third kappa shape index (κ3) is 2.69. The second-order valence-corrected chi connectivity index (χ2v) is 5.67. The van der Waals surface area contributed by atoms with Crippen molar-refractivity contribution in [2.45, 2.75) is 24.4 Å². The second-order valence-electron chi connectivity index (χ2n) is 4.70. The molecule has 2 N–H and O–H groups in total. The van der Waals surface area contributed by atoms with E-state index in [4.69, 9.17) is 0 Å². The molecule has 106 valence electrons. The number of thioether (sulfide) groups is 1. The van der Waals surface area contributed by atoms with Crippen molar-refractivity contribution in [3.8, 4) is 0 Å². The topological polar surface area (TPSA) is 94.7 Å². The molecule has 0 aliphatic carbocycles. The number of rotatable bonds is 3. The lowest BCUT2D eigenvalue weighted by Gasteiger charge is -2.26. The molecule has 3 heterocycles. The van der Waals surface area contributed by atoms with Crippen LogP contribution in [0.15, 0.2) is 16.3 Å². The van der Waals surface area contributed by atoms with Crippen molar-refractivity contribution in [2.24, 2.45) is 0 Å². The van der Waals surface area contributed by atoms with E-state index < -0.39 is 0 Å². The monoisotopic (exact) mass is 293 g/mol. The first-order valence-electron chi connectivity index (χ1n) is 6.58. The smallest absolute Gasteiger partial charge is 0.277 e. The third-order valence-corrected chi connectivity index (χ3v) is 4.17. The molecule has 2 aromatic rings. The minimum Gasteiger partial charge on any atom is -0.342 e. The lowest BCUT2D eigenvalue weighted by atomic mass is 10.1. The molecule has 0 radical (unpaired) electrons. The number of nitrogens with zero attached hydrogens (tertiary/aromatic N) is 3. The van der Waals surface area contributed by atoms with E-state index in [1.54, 1.807) is 0 Å². The summed E-state index contributed by atoms with van der Waals surface area (Å²) in [7, 11) is 0. The summed E-state index contributed by atoms with van der Waals surface area (Å²) in [4.78, 5) is 39.2. The number of H-pyrrole nitrogens is 2. The molecule has 0 saturated carbocycles. The highest BCUT2D eigenvalue weighted by Gasteiger charge is 2.17. The molecule has 20 heavy (non-hydrogen) atoms. The third-order valence-electron chi connectivity index (χ3n) is 3.32. The fourth-order valence-corrected chi connectivity index (χ4v) is 3.01. The molecular formula is C12H15N5O2S. The lowest BCUT2D eigenvalue weighted by Crippen LogP contribution is -2.36. The van der Waals surface area contributed by atoms with Gasteiger partial charge in [-0.1, -0.05) is 11.8 Å². The van der Waals surface area contributed by atoms with Gasteiger partial charge in [-0.3, -0.25) is 14.6 Å². The van der Waals surface area contributed by atoms with Gasteiger partial charge in [-0.25, -0.2) is 9.97 Å². The Balaban J connectivity index is 1.67. The summed E-state index contributed by atoms with van der Waals surface area (Å²) in [6.07, 6.45) is 4.78. The van der Waals surface area contributed by atoms with Gasteiger partial charge in [-0.05, 0) is 19.3 Å². The minimum atomic E-state index is -0.263. The van der Waals surface area contributed by atoms with Crippen LogP contribution in [0.2, 0.25) is 0 Å². The van der Waals surface area contributed by atoms with Gasteiger partial charge in [0, 0.05) is 13.1 Å². The molecule has 1 amide bonds. The Kier molecular flexibility index (Phi) is 3.72. The fraction of sp³-hybridized carbons (Fsp3) is 0.500. The van der Waals surface area contributed by atoms with Gasteiger partial charge in [0.05, 0.1) is 12.1 Å². The molecule has 1 fully saturated rings. The largest absolute Gasteiger partial charge is 0.342 e. The molecule has 8 heteroatoms.